The lowest BCUT2D eigenvalue weighted by Gasteiger charge is -2.07. The number of pyridine rings is 1. The standard InChI is InChI=1S/C17H17N3S/c1-2-12-10-14(21-11-12)16-17(13-5-7-18-8-6-13)20-9-3-4-15(20)19-16/h5-8,10-11H,2-4,9H2,1H3. The first-order valence-corrected chi connectivity index (χ1v) is 8.32. The van der Waals surface area contributed by atoms with Crippen LogP contribution < -0.4 is 0 Å². The molecule has 1 aliphatic rings. The third-order valence-corrected chi connectivity index (χ3v) is 5.06. The molecule has 0 atom stereocenters. The van der Waals surface area contributed by atoms with Crippen molar-refractivity contribution in [3.63, 3.8) is 0 Å². The van der Waals surface area contributed by atoms with Crippen LogP contribution in [0.25, 0.3) is 21.8 Å². The first kappa shape index (κ1) is 12.8. The average Bonchev–Trinajstić information content (AvgIpc) is 3.22. The number of aryl methyl sites for hydroxylation is 2. The zero-order valence-electron chi connectivity index (χ0n) is 12.0. The maximum Gasteiger partial charge on any atom is 0.110 e. The smallest absolute Gasteiger partial charge is 0.110 e. The fourth-order valence-corrected chi connectivity index (χ4v) is 3.97. The van der Waals surface area contributed by atoms with Crippen molar-refractivity contribution >= 4 is 11.3 Å². The van der Waals surface area contributed by atoms with Gasteiger partial charge < -0.3 is 4.57 Å². The van der Waals surface area contributed by atoms with Crippen molar-refractivity contribution in [3.8, 4) is 21.8 Å². The Hall–Kier alpha value is -1.94. The van der Waals surface area contributed by atoms with Crippen LogP contribution >= 0.6 is 11.3 Å². The van der Waals surface area contributed by atoms with Gasteiger partial charge in [0.15, 0.2) is 0 Å². The van der Waals surface area contributed by atoms with E-state index in [1.165, 1.54) is 33.9 Å². The number of nitrogens with zero attached hydrogens (tertiary/aromatic N) is 3. The van der Waals surface area contributed by atoms with E-state index in [0.29, 0.717) is 0 Å². The van der Waals surface area contributed by atoms with Crippen LogP contribution in [0.3, 0.4) is 0 Å². The monoisotopic (exact) mass is 295 g/mol. The molecule has 0 radical (unpaired) electrons. The number of thiophene rings is 1. The molecule has 4 heterocycles. The Morgan fingerprint density at radius 1 is 1.29 bits per heavy atom. The molecule has 0 saturated heterocycles. The van der Waals surface area contributed by atoms with Crippen molar-refractivity contribution in [2.75, 3.05) is 0 Å². The average molecular weight is 295 g/mol. The largest absolute Gasteiger partial charge is 0.327 e. The van der Waals surface area contributed by atoms with E-state index >= 15 is 0 Å². The summed E-state index contributed by atoms with van der Waals surface area (Å²) in [7, 11) is 0. The molecule has 3 aromatic heterocycles. The number of aromatic nitrogens is 3. The van der Waals surface area contributed by atoms with Crippen molar-refractivity contribution in [2.24, 2.45) is 0 Å². The fourth-order valence-electron chi connectivity index (χ4n) is 2.99. The molecular formula is C17H17N3S. The van der Waals surface area contributed by atoms with Crippen molar-refractivity contribution in [1.82, 2.24) is 14.5 Å². The zero-order chi connectivity index (χ0) is 14.2. The number of imidazole rings is 1. The Bertz CT molecular complexity index is 771. The number of hydrogen-bond donors (Lipinski definition) is 0. The number of rotatable bonds is 3. The van der Waals surface area contributed by atoms with Crippen LogP contribution in [-0.2, 0) is 19.4 Å². The van der Waals surface area contributed by atoms with Gasteiger partial charge in [0.1, 0.15) is 11.5 Å². The van der Waals surface area contributed by atoms with Crippen LogP contribution in [0.15, 0.2) is 36.0 Å². The molecule has 0 unspecified atom stereocenters. The van der Waals surface area contributed by atoms with Gasteiger partial charge in [0, 0.05) is 30.9 Å². The van der Waals surface area contributed by atoms with Crippen molar-refractivity contribution in [3.05, 3.63) is 47.4 Å². The number of fused-ring (bicyclic) bond motifs is 1. The first-order valence-electron chi connectivity index (χ1n) is 7.44. The summed E-state index contributed by atoms with van der Waals surface area (Å²) in [4.78, 5) is 10.4. The minimum absolute atomic E-state index is 1.08. The SMILES string of the molecule is CCc1csc(-c2nc3n(c2-c2ccncc2)CCC3)c1. The van der Waals surface area contributed by atoms with E-state index in [-0.39, 0.29) is 0 Å². The maximum atomic E-state index is 4.94. The van der Waals surface area contributed by atoms with Crippen LogP contribution in [-0.4, -0.2) is 14.5 Å². The molecule has 4 heteroatoms. The normalized spacial score (nSPS) is 13.6. The molecule has 0 fully saturated rings. The van der Waals surface area contributed by atoms with E-state index in [4.69, 9.17) is 4.98 Å². The lowest BCUT2D eigenvalue weighted by molar-refractivity contribution is 0.756. The summed E-state index contributed by atoms with van der Waals surface area (Å²) in [5.41, 5.74) is 5.01. The molecule has 21 heavy (non-hydrogen) atoms. The van der Waals surface area contributed by atoms with Gasteiger partial charge in [-0.05, 0) is 42.0 Å². The third-order valence-electron chi connectivity index (χ3n) is 4.08. The van der Waals surface area contributed by atoms with Crippen molar-refractivity contribution < 1.29 is 0 Å². The molecule has 0 spiro atoms. The highest BCUT2D eigenvalue weighted by Crippen LogP contribution is 2.38. The van der Waals surface area contributed by atoms with E-state index in [1.54, 1.807) is 11.3 Å². The van der Waals surface area contributed by atoms with E-state index in [0.717, 1.165) is 25.1 Å². The molecule has 0 aromatic carbocycles. The minimum Gasteiger partial charge on any atom is -0.327 e. The number of hydrogen-bond acceptors (Lipinski definition) is 3. The highest BCUT2D eigenvalue weighted by atomic mass is 32.1. The van der Waals surface area contributed by atoms with Crippen LogP contribution in [0, 0.1) is 0 Å². The second kappa shape index (κ2) is 5.11. The van der Waals surface area contributed by atoms with Gasteiger partial charge in [-0.3, -0.25) is 4.98 Å². The maximum absolute atomic E-state index is 4.94. The molecule has 0 bridgehead atoms. The Kier molecular flexibility index (Phi) is 3.11. The highest BCUT2D eigenvalue weighted by molar-refractivity contribution is 7.13. The summed E-state index contributed by atoms with van der Waals surface area (Å²) in [6.07, 6.45) is 7.09. The summed E-state index contributed by atoms with van der Waals surface area (Å²) in [6.45, 7) is 3.27. The molecule has 0 saturated carbocycles. The Morgan fingerprint density at radius 2 is 2.14 bits per heavy atom. The Morgan fingerprint density at radius 3 is 2.90 bits per heavy atom. The van der Waals surface area contributed by atoms with E-state index in [9.17, 15) is 0 Å². The zero-order valence-corrected chi connectivity index (χ0v) is 12.9. The molecule has 3 aromatic rings. The van der Waals surface area contributed by atoms with Gasteiger partial charge in [-0.15, -0.1) is 11.3 Å². The molecule has 106 valence electrons. The van der Waals surface area contributed by atoms with Gasteiger partial charge >= 0.3 is 0 Å². The van der Waals surface area contributed by atoms with Crippen molar-refractivity contribution in [2.45, 2.75) is 32.7 Å². The summed E-state index contributed by atoms with van der Waals surface area (Å²) in [5.74, 6) is 1.23. The van der Waals surface area contributed by atoms with E-state index < -0.39 is 0 Å². The molecule has 4 rings (SSSR count). The molecule has 0 N–H and O–H groups in total. The molecular weight excluding hydrogens is 278 g/mol. The van der Waals surface area contributed by atoms with Gasteiger partial charge in [-0.25, -0.2) is 4.98 Å². The van der Waals surface area contributed by atoms with Gasteiger partial charge in [0.2, 0.25) is 0 Å². The van der Waals surface area contributed by atoms with Crippen molar-refractivity contribution in [1.29, 1.82) is 0 Å². The lowest BCUT2D eigenvalue weighted by Crippen LogP contribution is -1.96. The first-order chi connectivity index (χ1) is 10.4. The van der Waals surface area contributed by atoms with Crippen LogP contribution in [0.5, 0.6) is 0 Å². The predicted octanol–water partition coefficient (Wildman–Crippen LogP) is 4.18. The lowest BCUT2D eigenvalue weighted by atomic mass is 10.1. The highest BCUT2D eigenvalue weighted by Gasteiger charge is 2.23. The van der Waals surface area contributed by atoms with E-state index in [1.807, 2.05) is 12.4 Å². The summed E-state index contributed by atoms with van der Waals surface area (Å²) in [6, 6.07) is 6.45. The van der Waals surface area contributed by atoms with Crippen LogP contribution in [0.1, 0.15) is 24.7 Å². The minimum atomic E-state index is 1.08. The fraction of sp³-hybridized carbons (Fsp3) is 0.294. The summed E-state index contributed by atoms with van der Waals surface area (Å²) in [5, 5.41) is 2.25. The predicted molar refractivity (Wildman–Crippen MR) is 86.5 cm³/mol. The van der Waals surface area contributed by atoms with Crippen LogP contribution in [0.4, 0.5) is 0 Å². The van der Waals surface area contributed by atoms with Gasteiger partial charge in [-0.2, -0.15) is 0 Å². The molecule has 1 aliphatic heterocycles. The van der Waals surface area contributed by atoms with Gasteiger partial charge in [0.05, 0.1) is 10.6 Å². The topological polar surface area (TPSA) is 30.7 Å². The van der Waals surface area contributed by atoms with Crippen LogP contribution in [0.2, 0.25) is 0 Å². The quantitative estimate of drug-likeness (QED) is 0.725. The molecule has 0 amide bonds. The molecule has 0 aliphatic carbocycles. The molecule has 3 nitrogen and oxygen atoms in total. The second-order valence-electron chi connectivity index (χ2n) is 5.39. The Balaban J connectivity index is 1.91. The van der Waals surface area contributed by atoms with Gasteiger partial charge in [-0.1, -0.05) is 6.92 Å². The summed E-state index contributed by atoms with van der Waals surface area (Å²) >= 11 is 1.80. The second-order valence-corrected chi connectivity index (χ2v) is 6.30. The van der Waals surface area contributed by atoms with E-state index in [2.05, 4.69) is 40.1 Å². The van der Waals surface area contributed by atoms with Gasteiger partial charge in [0.25, 0.3) is 0 Å². The third kappa shape index (κ3) is 2.10. The summed E-state index contributed by atoms with van der Waals surface area (Å²) < 4.78 is 2.38. The Labute approximate surface area is 128 Å².